The second kappa shape index (κ2) is 5.49. The predicted octanol–water partition coefficient (Wildman–Crippen LogP) is 2.44. The summed E-state index contributed by atoms with van der Waals surface area (Å²) in [6.45, 7) is 2.15. The van der Waals surface area contributed by atoms with Crippen molar-refractivity contribution in [2.24, 2.45) is 5.92 Å². The van der Waals surface area contributed by atoms with Gasteiger partial charge in [-0.2, -0.15) is 26.3 Å². The molecule has 0 rings (SSSR count). The number of carbonyl (C=O) groups excluding carboxylic acids is 1. The molecular weight excluding hydrogens is 296 g/mol. The Kier molecular flexibility index (Phi) is 5.08. The Labute approximate surface area is 110 Å². The average molecular weight is 309 g/mol. The third-order valence-electron chi connectivity index (χ3n) is 2.27. The van der Waals surface area contributed by atoms with Crippen LogP contribution in [0.4, 0.5) is 26.3 Å². The van der Waals surface area contributed by atoms with Crippen molar-refractivity contribution in [3.8, 4) is 0 Å². The highest BCUT2D eigenvalue weighted by Gasteiger charge is 2.62. The Balaban J connectivity index is 5.67. The lowest BCUT2D eigenvalue weighted by molar-refractivity contribution is -0.278. The smallest absolute Gasteiger partial charge is 0.409 e. The third kappa shape index (κ3) is 4.89. The minimum absolute atomic E-state index is 0.0426. The summed E-state index contributed by atoms with van der Waals surface area (Å²) in [5, 5.41) is 8.53. The quantitative estimate of drug-likeness (QED) is 0.815. The van der Waals surface area contributed by atoms with Gasteiger partial charge in [-0.1, -0.05) is 0 Å². The molecule has 0 aromatic rings. The standard InChI is InChI=1S/C10H13F6NO3/c1-8(2,3)17(4-5(18)19)7(20)6(9(11,12)13)10(14,15)16/h6H,4H2,1-3H3,(H,18,19). The molecule has 10 heteroatoms. The number of amides is 1. The van der Waals surface area contributed by atoms with Gasteiger partial charge >= 0.3 is 18.3 Å². The molecular formula is C10H13F6NO3. The molecule has 0 spiro atoms. The number of carboxylic acid groups (broad SMARTS) is 1. The van der Waals surface area contributed by atoms with Crippen molar-refractivity contribution in [2.45, 2.75) is 38.7 Å². The Morgan fingerprint density at radius 2 is 1.35 bits per heavy atom. The fourth-order valence-electron chi connectivity index (χ4n) is 1.40. The first-order valence-electron chi connectivity index (χ1n) is 5.25. The van der Waals surface area contributed by atoms with Gasteiger partial charge in [0, 0.05) is 5.54 Å². The number of carbonyl (C=O) groups is 2. The summed E-state index contributed by atoms with van der Waals surface area (Å²) < 4.78 is 74.6. The summed E-state index contributed by atoms with van der Waals surface area (Å²) in [4.78, 5) is 22.1. The second-order valence-electron chi connectivity index (χ2n) is 5.01. The maximum atomic E-state index is 12.4. The van der Waals surface area contributed by atoms with Crippen LogP contribution in [0.15, 0.2) is 0 Å². The molecule has 0 fully saturated rings. The van der Waals surface area contributed by atoms with Crippen LogP contribution in [0.1, 0.15) is 20.8 Å². The summed E-state index contributed by atoms with van der Waals surface area (Å²) in [6, 6.07) is 0. The third-order valence-corrected chi connectivity index (χ3v) is 2.27. The SMILES string of the molecule is CC(C)(C)N(CC(=O)O)C(=O)C(C(F)(F)F)C(F)(F)F. The lowest BCUT2D eigenvalue weighted by Gasteiger charge is -2.37. The highest BCUT2D eigenvalue weighted by molar-refractivity contribution is 5.85. The number of rotatable bonds is 3. The minimum atomic E-state index is -5.85. The number of hydrogen-bond acceptors (Lipinski definition) is 2. The number of nitrogens with zero attached hydrogens (tertiary/aromatic N) is 1. The minimum Gasteiger partial charge on any atom is -0.480 e. The molecule has 118 valence electrons. The normalized spacial score (nSPS) is 13.5. The largest absolute Gasteiger partial charge is 0.480 e. The van der Waals surface area contributed by atoms with E-state index in [0.717, 1.165) is 20.8 Å². The first-order chi connectivity index (χ1) is 8.58. The number of carboxylic acids is 1. The Morgan fingerprint density at radius 3 is 1.55 bits per heavy atom. The zero-order chi connectivity index (χ0) is 16.5. The van der Waals surface area contributed by atoms with Gasteiger partial charge in [0.1, 0.15) is 6.54 Å². The van der Waals surface area contributed by atoms with Crippen LogP contribution in [0.25, 0.3) is 0 Å². The molecule has 0 radical (unpaired) electrons. The first kappa shape index (κ1) is 18.5. The van der Waals surface area contributed by atoms with E-state index in [-0.39, 0.29) is 4.90 Å². The summed E-state index contributed by atoms with van der Waals surface area (Å²) in [7, 11) is 0. The van der Waals surface area contributed by atoms with Gasteiger partial charge < -0.3 is 10.0 Å². The number of hydrogen-bond donors (Lipinski definition) is 1. The van der Waals surface area contributed by atoms with Crippen molar-refractivity contribution in [3.63, 3.8) is 0 Å². The molecule has 0 bridgehead atoms. The molecule has 0 aromatic heterocycles. The van der Waals surface area contributed by atoms with Crippen molar-refractivity contribution in [1.82, 2.24) is 4.90 Å². The maximum Gasteiger partial charge on any atom is 0.409 e. The molecule has 0 unspecified atom stereocenters. The van der Waals surface area contributed by atoms with Crippen molar-refractivity contribution in [1.29, 1.82) is 0 Å². The van der Waals surface area contributed by atoms with Gasteiger partial charge in [0.15, 0.2) is 0 Å². The molecule has 4 nitrogen and oxygen atoms in total. The van der Waals surface area contributed by atoms with Crippen LogP contribution in [0.3, 0.4) is 0 Å². The van der Waals surface area contributed by atoms with Gasteiger partial charge in [0.2, 0.25) is 11.8 Å². The van der Waals surface area contributed by atoms with Gasteiger partial charge in [-0.25, -0.2) is 0 Å². The van der Waals surface area contributed by atoms with Crippen LogP contribution in [-0.2, 0) is 9.59 Å². The lowest BCUT2D eigenvalue weighted by Crippen LogP contribution is -2.56. The van der Waals surface area contributed by atoms with Crippen LogP contribution in [0.2, 0.25) is 0 Å². The van der Waals surface area contributed by atoms with Crippen molar-refractivity contribution in [3.05, 3.63) is 0 Å². The van der Waals surface area contributed by atoms with E-state index in [1.54, 1.807) is 0 Å². The highest BCUT2D eigenvalue weighted by Crippen LogP contribution is 2.41. The number of halogens is 6. The molecule has 0 saturated heterocycles. The fourth-order valence-corrected chi connectivity index (χ4v) is 1.40. The number of alkyl halides is 6. The first-order valence-corrected chi connectivity index (χ1v) is 5.25. The Hall–Kier alpha value is -1.48. The van der Waals surface area contributed by atoms with Crippen LogP contribution < -0.4 is 0 Å². The number of aliphatic carboxylic acids is 1. The lowest BCUT2D eigenvalue weighted by atomic mass is 10.00. The van der Waals surface area contributed by atoms with Crippen LogP contribution >= 0.6 is 0 Å². The fraction of sp³-hybridized carbons (Fsp3) is 0.800. The van der Waals surface area contributed by atoms with Crippen LogP contribution in [0, 0.1) is 5.92 Å². The summed E-state index contributed by atoms with van der Waals surface area (Å²) in [5.41, 5.74) is -1.51. The van der Waals surface area contributed by atoms with Gasteiger partial charge in [-0.3, -0.25) is 9.59 Å². The van der Waals surface area contributed by atoms with E-state index in [2.05, 4.69) is 0 Å². The van der Waals surface area contributed by atoms with Crippen molar-refractivity contribution < 1.29 is 41.0 Å². The molecule has 0 aliphatic heterocycles. The van der Waals surface area contributed by atoms with Gasteiger partial charge in [0.25, 0.3) is 0 Å². The molecule has 0 aliphatic carbocycles. The van der Waals surface area contributed by atoms with E-state index in [1.807, 2.05) is 0 Å². The summed E-state index contributed by atoms with van der Waals surface area (Å²) in [6.07, 6.45) is -11.7. The Morgan fingerprint density at radius 1 is 1.00 bits per heavy atom. The van der Waals surface area contributed by atoms with E-state index in [4.69, 9.17) is 5.11 Å². The highest BCUT2D eigenvalue weighted by atomic mass is 19.4. The zero-order valence-corrected chi connectivity index (χ0v) is 10.8. The molecule has 0 saturated carbocycles. The van der Waals surface area contributed by atoms with Crippen molar-refractivity contribution in [2.75, 3.05) is 6.54 Å². The van der Waals surface area contributed by atoms with Gasteiger partial charge in [-0.05, 0) is 20.8 Å². The second-order valence-corrected chi connectivity index (χ2v) is 5.01. The maximum absolute atomic E-state index is 12.4. The average Bonchev–Trinajstić information content (AvgIpc) is 2.06. The van der Waals surface area contributed by atoms with Crippen LogP contribution in [0.5, 0.6) is 0 Å². The molecule has 0 aliphatic rings. The van der Waals surface area contributed by atoms with E-state index >= 15 is 0 Å². The van der Waals surface area contributed by atoms with Gasteiger partial charge in [-0.15, -0.1) is 0 Å². The van der Waals surface area contributed by atoms with Crippen molar-refractivity contribution >= 4 is 11.9 Å². The summed E-state index contributed by atoms with van der Waals surface area (Å²) >= 11 is 0. The molecule has 1 amide bonds. The zero-order valence-electron chi connectivity index (χ0n) is 10.8. The summed E-state index contributed by atoms with van der Waals surface area (Å²) in [5.74, 6) is -8.29. The van der Waals surface area contributed by atoms with E-state index in [1.165, 1.54) is 0 Å². The molecule has 1 N–H and O–H groups in total. The predicted molar refractivity (Wildman–Crippen MR) is 54.7 cm³/mol. The van der Waals surface area contributed by atoms with Gasteiger partial charge in [0.05, 0.1) is 0 Å². The molecule has 0 atom stereocenters. The Bertz CT molecular complexity index is 368. The molecule has 0 heterocycles. The molecule has 0 aromatic carbocycles. The van der Waals surface area contributed by atoms with Crippen LogP contribution in [-0.4, -0.2) is 46.3 Å². The van der Waals surface area contributed by atoms with E-state index in [9.17, 15) is 35.9 Å². The van der Waals surface area contributed by atoms with E-state index in [0.29, 0.717) is 0 Å². The van der Waals surface area contributed by atoms with E-state index < -0.39 is 42.2 Å². The monoisotopic (exact) mass is 309 g/mol. The molecule has 20 heavy (non-hydrogen) atoms. The topological polar surface area (TPSA) is 57.6 Å².